The molecule has 0 saturated heterocycles. The Labute approximate surface area is 171 Å². The number of carbonyl (C=O) groups is 2. The first-order valence-electron chi connectivity index (χ1n) is 1.30. The molecular formula is C2H8O11Zn5. The van der Waals surface area contributed by atoms with Crippen LogP contribution in [0.25, 0.3) is 0 Å². The van der Waals surface area contributed by atoms with E-state index in [0.29, 0.717) is 0 Å². The van der Waals surface area contributed by atoms with Gasteiger partial charge in [0, 0.05) is 39.0 Å². The van der Waals surface area contributed by atoms with Crippen molar-refractivity contribution in [1.29, 1.82) is 0 Å². The molecule has 0 aromatic heterocycles. The van der Waals surface area contributed by atoms with Gasteiger partial charge in [0.05, 0.1) is 0 Å². The smallest absolute Gasteiger partial charge is 2.00 e. The maximum atomic E-state index is 8.56. The van der Waals surface area contributed by atoms with Crippen molar-refractivity contribution in [2.75, 3.05) is 0 Å². The van der Waals surface area contributed by atoms with Crippen LogP contribution in [-0.4, -0.2) is 32.7 Å². The Morgan fingerprint density at radius 2 is 0.556 bits per heavy atom. The van der Waals surface area contributed by atoms with E-state index >= 15 is 0 Å². The molecule has 0 aromatic rings. The van der Waals surface area contributed by atoms with E-state index in [4.69, 9.17) is 30.0 Å². The normalized spacial score (nSPS) is 2.67. The number of carboxylic acid groups (broad SMARTS) is 4. The summed E-state index contributed by atoms with van der Waals surface area (Å²) in [6.07, 6.45) is -3.67. The minimum Gasteiger partial charge on any atom is -2.00 e. The summed E-state index contributed by atoms with van der Waals surface area (Å²) >= 11 is 0. The number of hydrogen-bond acceptors (Lipinski definition) is 2. The monoisotopic (exact) mass is 528 g/mol. The van der Waals surface area contributed by atoms with Crippen LogP contribution >= 0.6 is 0 Å². The molecular weight excluding hydrogens is 527 g/mol. The first-order chi connectivity index (χ1) is 3.46. The third-order valence-corrected chi connectivity index (χ3v) is 0. The van der Waals surface area contributed by atoms with Crippen molar-refractivity contribution < 1.29 is 160 Å². The summed E-state index contributed by atoms with van der Waals surface area (Å²) in [6, 6.07) is 0. The fourth-order valence-corrected chi connectivity index (χ4v) is 0. The summed E-state index contributed by atoms with van der Waals surface area (Å²) < 4.78 is 0. The van der Waals surface area contributed by atoms with Crippen LogP contribution in [0.5, 0.6) is 0 Å². The van der Waals surface area contributed by atoms with E-state index in [9.17, 15) is 0 Å². The third kappa shape index (κ3) is 2230. The van der Waals surface area contributed by atoms with Crippen molar-refractivity contribution >= 4 is 12.3 Å². The van der Waals surface area contributed by atoms with Crippen molar-refractivity contribution in [3.63, 3.8) is 0 Å². The fraction of sp³-hybridized carbons (Fsp3) is 0. The molecule has 4 N–H and O–H groups in total. The molecule has 16 heteroatoms. The number of rotatable bonds is 0. The van der Waals surface area contributed by atoms with E-state index in [0.717, 1.165) is 0 Å². The van der Waals surface area contributed by atoms with Crippen molar-refractivity contribution in [2.24, 2.45) is 0 Å². The topological polar surface area (TPSA) is 258 Å². The Balaban J connectivity index is -0.00000000143. The first kappa shape index (κ1) is 119. The molecule has 0 aliphatic carbocycles. The molecule has 92 valence electrons. The minimum absolute atomic E-state index is 0. The molecule has 0 fully saturated rings. The molecule has 0 aliphatic rings. The Bertz CT molecular complexity index is 96.5. The van der Waals surface area contributed by atoms with Crippen LogP contribution in [0.2, 0.25) is 0 Å². The van der Waals surface area contributed by atoms with Gasteiger partial charge >= 0.3 is 76.5 Å². The molecule has 11 nitrogen and oxygen atoms in total. The number of hydrogen-bond donors (Lipinski definition) is 4. The van der Waals surface area contributed by atoms with Gasteiger partial charge in [-0.2, -0.15) is 0 Å². The molecule has 0 spiro atoms. The van der Waals surface area contributed by atoms with Crippen LogP contribution in [0.3, 0.4) is 0 Å². The fourth-order valence-electron chi connectivity index (χ4n) is 0. The Kier molecular flexibility index (Phi) is 670. The molecule has 18 heavy (non-hydrogen) atoms. The first-order valence-corrected chi connectivity index (χ1v) is 1.30. The Morgan fingerprint density at radius 1 is 0.556 bits per heavy atom. The van der Waals surface area contributed by atoms with Crippen LogP contribution < -0.4 is 0 Å². The van der Waals surface area contributed by atoms with E-state index in [1.165, 1.54) is 0 Å². The molecule has 0 radical (unpaired) electrons. The SMILES string of the molecule is O=C(O)O.O=C(O)O.[H+].[H+].[H+].[H+].[O-2].[O-2].[O-2].[O-2].[O-2].[Zn+2].[Zn+2].[Zn+2].[Zn].[Zn]. The van der Waals surface area contributed by atoms with Gasteiger partial charge in [0.2, 0.25) is 0 Å². The van der Waals surface area contributed by atoms with Gasteiger partial charge in [0.15, 0.2) is 0 Å². The quantitative estimate of drug-likeness (QED) is 0.317. The van der Waals surface area contributed by atoms with Crippen molar-refractivity contribution in [3.05, 3.63) is 0 Å². The van der Waals surface area contributed by atoms with Crippen LogP contribution in [0, 0.1) is 0 Å². The maximum absolute atomic E-state index is 8.56. The molecule has 0 unspecified atom stereocenters. The second kappa shape index (κ2) is 101. The van der Waals surface area contributed by atoms with Crippen LogP contribution in [0.15, 0.2) is 0 Å². The molecule has 0 bridgehead atoms. The second-order valence-corrected chi connectivity index (χ2v) is 0.565. The summed E-state index contributed by atoms with van der Waals surface area (Å²) in [5.74, 6) is 0. The van der Waals surface area contributed by atoms with Crippen LogP contribution in [-0.2, 0) is 125 Å². The Morgan fingerprint density at radius 3 is 0.556 bits per heavy atom. The van der Waals surface area contributed by atoms with E-state index in [-0.39, 0.29) is 130 Å². The zero-order chi connectivity index (χ0) is 7.15. The predicted octanol–water partition coefficient (Wildman–Crippen LogP) is 0.288. The van der Waals surface area contributed by atoms with E-state index in [1.54, 1.807) is 0 Å². The van der Waals surface area contributed by atoms with E-state index in [1.807, 2.05) is 0 Å². The Hall–Kier alpha value is 1.46. The van der Waals surface area contributed by atoms with Crippen molar-refractivity contribution in [3.8, 4) is 0 Å². The van der Waals surface area contributed by atoms with Crippen LogP contribution in [0.4, 0.5) is 9.59 Å². The zero-order valence-electron chi connectivity index (χ0n) is 13.2. The average molecular weight is 535 g/mol. The van der Waals surface area contributed by atoms with Gasteiger partial charge in [0.1, 0.15) is 0 Å². The summed E-state index contributed by atoms with van der Waals surface area (Å²) in [6.45, 7) is 0. The third-order valence-electron chi connectivity index (χ3n) is 0. The zero-order valence-corrected chi connectivity index (χ0v) is 24.0. The largest absolute Gasteiger partial charge is 2.00 e. The summed E-state index contributed by atoms with van der Waals surface area (Å²) in [5.41, 5.74) is 0. The van der Waals surface area contributed by atoms with Crippen LogP contribution in [0.1, 0.15) is 5.71 Å². The predicted molar refractivity (Wildman–Crippen MR) is 29.2 cm³/mol. The summed E-state index contributed by atoms with van der Waals surface area (Å²) in [7, 11) is 0. The maximum Gasteiger partial charge on any atom is 2.00 e. The van der Waals surface area contributed by atoms with Crippen molar-refractivity contribution in [2.45, 2.75) is 0 Å². The summed E-state index contributed by atoms with van der Waals surface area (Å²) in [5, 5.41) is 27.9. The van der Waals surface area contributed by atoms with Gasteiger partial charge < -0.3 is 47.8 Å². The van der Waals surface area contributed by atoms with E-state index < -0.39 is 12.3 Å². The molecule has 0 aliphatic heterocycles. The van der Waals surface area contributed by atoms with Crippen molar-refractivity contribution in [1.82, 2.24) is 0 Å². The van der Waals surface area contributed by atoms with Gasteiger partial charge in [-0.15, -0.1) is 0 Å². The molecule has 0 amide bonds. The second-order valence-electron chi connectivity index (χ2n) is 0.565. The average Bonchev–Trinajstić information content (AvgIpc) is 1.25. The van der Waals surface area contributed by atoms with Gasteiger partial charge in [0.25, 0.3) is 0 Å². The molecule has 0 saturated carbocycles. The van der Waals surface area contributed by atoms with Gasteiger partial charge in [-0.05, 0) is 0 Å². The summed E-state index contributed by atoms with van der Waals surface area (Å²) in [4.78, 5) is 17.1. The minimum atomic E-state index is -1.83. The molecule has 0 atom stereocenters. The standard InChI is InChI=1S/2CH2O3.5O.5Zn/c2*2-1(3)4;;;;;;;;;;/h2*(H2,2,3,4);;;;;;;;;;/q;;5*-2;;;3*+2/p+4. The molecule has 0 aromatic carbocycles. The molecule has 0 heterocycles. The van der Waals surface area contributed by atoms with Gasteiger partial charge in [-0.1, -0.05) is 0 Å². The molecule has 0 rings (SSSR count). The van der Waals surface area contributed by atoms with Gasteiger partial charge in [-0.25, -0.2) is 9.59 Å². The van der Waals surface area contributed by atoms with E-state index in [2.05, 4.69) is 0 Å². The van der Waals surface area contributed by atoms with Gasteiger partial charge in [-0.3, -0.25) is 0 Å².